The van der Waals surface area contributed by atoms with Crippen LogP contribution in [-0.2, 0) is 0 Å². The van der Waals surface area contributed by atoms with E-state index >= 15 is 0 Å². The van der Waals surface area contributed by atoms with Gasteiger partial charge in [-0.15, -0.1) is 0 Å². The van der Waals surface area contributed by atoms with Crippen LogP contribution in [-0.4, -0.2) is 10.1 Å². The van der Waals surface area contributed by atoms with Crippen LogP contribution in [0.15, 0.2) is 36.4 Å². The van der Waals surface area contributed by atoms with Crippen molar-refractivity contribution in [3.05, 3.63) is 47.9 Å². The van der Waals surface area contributed by atoms with Crippen molar-refractivity contribution in [1.29, 1.82) is 0 Å². The highest BCUT2D eigenvalue weighted by Crippen LogP contribution is 2.23. The molecule has 0 amide bonds. The Kier molecular flexibility index (Phi) is 2.37. The molecule has 15 heavy (non-hydrogen) atoms. The van der Waals surface area contributed by atoms with Gasteiger partial charge in [0.1, 0.15) is 11.6 Å². The van der Waals surface area contributed by atoms with Gasteiger partial charge < -0.3 is 5.11 Å². The zero-order valence-corrected chi connectivity index (χ0v) is 8.24. The summed E-state index contributed by atoms with van der Waals surface area (Å²) in [6, 6.07) is 9.55. The van der Waals surface area contributed by atoms with E-state index in [-0.39, 0.29) is 11.6 Å². The predicted molar refractivity (Wildman–Crippen MR) is 56.0 cm³/mol. The summed E-state index contributed by atoms with van der Waals surface area (Å²) in [6.45, 7) is 1.68. The summed E-state index contributed by atoms with van der Waals surface area (Å²) in [4.78, 5) is 4.11. The number of halogens is 1. The molecule has 0 spiro atoms. The van der Waals surface area contributed by atoms with Gasteiger partial charge in [0, 0.05) is 5.56 Å². The minimum absolute atomic E-state index is 0.120. The van der Waals surface area contributed by atoms with Gasteiger partial charge in [0.25, 0.3) is 0 Å². The second-order valence-corrected chi connectivity index (χ2v) is 3.28. The monoisotopic (exact) mass is 203 g/mol. The highest BCUT2D eigenvalue weighted by atomic mass is 19.1. The number of aromatic hydroxyl groups is 1. The molecule has 0 atom stereocenters. The van der Waals surface area contributed by atoms with Crippen LogP contribution < -0.4 is 0 Å². The maximum absolute atomic E-state index is 13.4. The number of hydrogen-bond acceptors (Lipinski definition) is 2. The maximum atomic E-state index is 13.4. The Morgan fingerprint density at radius 1 is 1.13 bits per heavy atom. The molecule has 1 N–H and O–H groups in total. The highest BCUT2D eigenvalue weighted by Gasteiger charge is 2.06. The first-order valence-electron chi connectivity index (χ1n) is 4.60. The van der Waals surface area contributed by atoms with E-state index in [1.54, 1.807) is 31.2 Å². The van der Waals surface area contributed by atoms with Crippen LogP contribution >= 0.6 is 0 Å². The minimum atomic E-state index is -0.310. The van der Waals surface area contributed by atoms with Crippen molar-refractivity contribution in [2.75, 3.05) is 0 Å². The molecule has 0 saturated carbocycles. The Morgan fingerprint density at radius 2 is 1.87 bits per heavy atom. The molecule has 1 aromatic carbocycles. The van der Waals surface area contributed by atoms with Gasteiger partial charge in [-0.2, -0.15) is 0 Å². The van der Waals surface area contributed by atoms with Gasteiger partial charge >= 0.3 is 0 Å². The molecule has 2 nitrogen and oxygen atoms in total. The molecule has 76 valence electrons. The zero-order valence-electron chi connectivity index (χ0n) is 8.24. The summed E-state index contributed by atoms with van der Waals surface area (Å²) in [6.07, 6.45) is 0. The standard InChI is InChI=1S/C12H10FNO/c1-8-12(15)7-6-11(14-8)9-4-2-3-5-10(9)13/h2-7,15H,1H3. The molecule has 0 aliphatic rings. The average Bonchev–Trinajstić information content (AvgIpc) is 2.23. The van der Waals surface area contributed by atoms with E-state index in [2.05, 4.69) is 4.98 Å². The van der Waals surface area contributed by atoms with Crippen molar-refractivity contribution in [3.8, 4) is 17.0 Å². The van der Waals surface area contributed by atoms with Gasteiger partial charge in [0.15, 0.2) is 0 Å². The van der Waals surface area contributed by atoms with Gasteiger partial charge in [-0.1, -0.05) is 12.1 Å². The van der Waals surface area contributed by atoms with Crippen LogP contribution in [0.1, 0.15) is 5.69 Å². The smallest absolute Gasteiger partial charge is 0.136 e. The molecule has 0 bridgehead atoms. The third-order valence-electron chi connectivity index (χ3n) is 2.21. The zero-order chi connectivity index (χ0) is 10.8. The molecule has 0 unspecified atom stereocenters. The van der Waals surface area contributed by atoms with E-state index in [0.29, 0.717) is 17.0 Å². The molecule has 2 rings (SSSR count). The fraction of sp³-hybridized carbons (Fsp3) is 0.0833. The topological polar surface area (TPSA) is 33.1 Å². The van der Waals surface area contributed by atoms with Crippen molar-refractivity contribution >= 4 is 0 Å². The molecule has 0 aliphatic carbocycles. The van der Waals surface area contributed by atoms with Gasteiger partial charge in [-0.05, 0) is 31.2 Å². The molecular formula is C12H10FNO. The van der Waals surface area contributed by atoms with Crippen molar-refractivity contribution in [1.82, 2.24) is 4.98 Å². The largest absolute Gasteiger partial charge is 0.506 e. The summed E-state index contributed by atoms with van der Waals surface area (Å²) >= 11 is 0. The van der Waals surface area contributed by atoms with Gasteiger partial charge in [0.2, 0.25) is 0 Å². The Balaban J connectivity index is 2.55. The fourth-order valence-corrected chi connectivity index (χ4v) is 1.37. The van der Waals surface area contributed by atoms with Crippen molar-refractivity contribution < 1.29 is 9.50 Å². The van der Waals surface area contributed by atoms with Crippen LogP contribution in [0.25, 0.3) is 11.3 Å². The van der Waals surface area contributed by atoms with Crippen LogP contribution in [0.4, 0.5) is 4.39 Å². The molecule has 2 aromatic rings. The summed E-state index contributed by atoms with van der Waals surface area (Å²) in [5.41, 5.74) is 1.47. The maximum Gasteiger partial charge on any atom is 0.136 e. The predicted octanol–water partition coefficient (Wildman–Crippen LogP) is 2.90. The summed E-state index contributed by atoms with van der Waals surface area (Å²) in [5.74, 6) is -0.190. The van der Waals surface area contributed by atoms with Crippen molar-refractivity contribution in [3.63, 3.8) is 0 Å². The molecule has 0 saturated heterocycles. The second-order valence-electron chi connectivity index (χ2n) is 3.28. The van der Waals surface area contributed by atoms with Gasteiger partial charge in [-0.25, -0.2) is 9.37 Å². The Bertz CT molecular complexity index is 497. The lowest BCUT2D eigenvalue weighted by Gasteiger charge is -2.04. The number of rotatable bonds is 1. The minimum Gasteiger partial charge on any atom is -0.506 e. The molecule has 1 heterocycles. The lowest BCUT2D eigenvalue weighted by molar-refractivity contribution is 0.468. The highest BCUT2D eigenvalue weighted by molar-refractivity contribution is 5.60. The number of pyridine rings is 1. The lowest BCUT2D eigenvalue weighted by atomic mass is 10.1. The Morgan fingerprint density at radius 3 is 2.53 bits per heavy atom. The van der Waals surface area contributed by atoms with Crippen LogP contribution in [0.5, 0.6) is 5.75 Å². The first-order chi connectivity index (χ1) is 7.18. The average molecular weight is 203 g/mol. The SMILES string of the molecule is Cc1nc(-c2ccccc2F)ccc1O. The number of aryl methyl sites for hydroxylation is 1. The summed E-state index contributed by atoms with van der Waals surface area (Å²) in [5, 5.41) is 9.30. The van der Waals surface area contributed by atoms with E-state index in [0.717, 1.165) is 0 Å². The second kappa shape index (κ2) is 3.69. The third kappa shape index (κ3) is 1.81. The van der Waals surface area contributed by atoms with Gasteiger partial charge in [-0.3, -0.25) is 0 Å². The van der Waals surface area contributed by atoms with Crippen LogP contribution in [0.3, 0.4) is 0 Å². The fourth-order valence-electron chi connectivity index (χ4n) is 1.37. The molecule has 1 aromatic heterocycles. The van der Waals surface area contributed by atoms with Gasteiger partial charge in [0.05, 0.1) is 11.4 Å². The summed E-state index contributed by atoms with van der Waals surface area (Å²) < 4.78 is 13.4. The third-order valence-corrected chi connectivity index (χ3v) is 2.21. The normalized spacial score (nSPS) is 10.3. The van der Waals surface area contributed by atoms with E-state index < -0.39 is 0 Å². The quantitative estimate of drug-likeness (QED) is 0.773. The van der Waals surface area contributed by atoms with E-state index in [1.807, 2.05) is 0 Å². The molecule has 0 fully saturated rings. The van der Waals surface area contributed by atoms with Crippen LogP contribution in [0, 0.1) is 12.7 Å². The number of nitrogens with zero attached hydrogens (tertiary/aromatic N) is 1. The summed E-state index contributed by atoms with van der Waals surface area (Å²) in [7, 11) is 0. The lowest BCUT2D eigenvalue weighted by Crippen LogP contribution is -1.89. The molecular weight excluding hydrogens is 193 g/mol. The molecule has 3 heteroatoms. The van der Waals surface area contributed by atoms with Crippen molar-refractivity contribution in [2.24, 2.45) is 0 Å². The Hall–Kier alpha value is -1.90. The van der Waals surface area contributed by atoms with Crippen LogP contribution in [0.2, 0.25) is 0 Å². The first kappa shape index (κ1) is 9.65. The molecule has 0 radical (unpaired) electrons. The molecule has 0 aliphatic heterocycles. The van der Waals surface area contributed by atoms with E-state index in [1.165, 1.54) is 12.1 Å². The van der Waals surface area contributed by atoms with E-state index in [9.17, 15) is 9.50 Å². The first-order valence-corrected chi connectivity index (χ1v) is 4.60. The number of aromatic nitrogens is 1. The van der Waals surface area contributed by atoms with Crippen molar-refractivity contribution in [2.45, 2.75) is 6.92 Å². The number of benzene rings is 1. The Labute approximate surface area is 87.0 Å². The number of hydrogen-bond donors (Lipinski definition) is 1. The van der Waals surface area contributed by atoms with E-state index in [4.69, 9.17) is 0 Å².